The Morgan fingerprint density at radius 3 is 2.70 bits per heavy atom. The molecule has 1 fully saturated rings. The van der Waals surface area contributed by atoms with E-state index in [-0.39, 0.29) is 11.6 Å². The van der Waals surface area contributed by atoms with E-state index in [1.165, 1.54) is 6.07 Å². The minimum Gasteiger partial charge on any atom is -0.368 e. The molecule has 7 heteroatoms. The summed E-state index contributed by atoms with van der Waals surface area (Å²) >= 11 is 0. The summed E-state index contributed by atoms with van der Waals surface area (Å²) in [6, 6.07) is 7.77. The van der Waals surface area contributed by atoms with Crippen molar-refractivity contribution >= 4 is 11.4 Å². The van der Waals surface area contributed by atoms with E-state index in [2.05, 4.69) is 16.0 Å². The standard InChI is InChI=1S/C20H21F3N4/c1-3-27(16-5-4-15(10-24)19(9-16)20(21,22)23)17-6-7-26(13-17)18-8-14(2)11-25-12-18/h4-5,8-9,11-12,17H,3,6-7,13H2,1-2H3. The van der Waals surface area contributed by atoms with Crippen LogP contribution in [0.5, 0.6) is 0 Å². The Labute approximate surface area is 156 Å². The molecule has 2 heterocycles. The highest BCUT2D eigenvalue weighted by molar-refractivity contribution is 5.56. The molecule has 4 nitrogen and oxygen atoms in total. The van der Waals surface area contributed by atoms with Crippen LogP contribution in [0.2, 0.25) is 0 Å². The summed E-state index contributed by atoms with van der Waals surface area (Å²) < 4.78 is 39.9. The Balaban J connectivity index is 1.85. The summed E-state index contributed by atoms with van der Waals surface area (Å²) in [6.45, 7) is 6.06. The lowest BCUT2D eigenvalue weighted by Gasteiger charge is -2.31. The number of hydrogen-bond donors (Lipinski definition) is 0. The summed E-state index contributed by atoms with van der Waals surface area (Å²) in [5.74, 6) is 0. The normalized spacial score (nSPS) is 17.0. The number of nitrogens with zero attached hydrogens (tertiary/aromatic N) is 4. The molecule has 0 spiro atoms. The minimum absolute atomic E-state index is 0.101. The maximum atomic E-state index is 13.3. The number of hydrogen-bond acceptors (Lipinski definition) is 4. The number of alkyl halides is 3. The summed E-state index contributed by atoms with van der Waals surface area (Å²) in [5.41, 5.74) is 1.38. The quantitative estimate of drug-likeness (QED) is 0.796. The number of nitriles is 1. The van der Waals surface area contributed by atoms with Gasteiger partial charge in [-0.05, 0) is 50.1 Å². The van der Waals surface area contributed by atoms with Gasteiger partial charge in [0.15, 0.2) is 0 Å². The van der Waals surface area contributed by atoms with Gasteiger partial charge >= 0.3 is 6.18 Å². The van der Waals surface area contributed by atoms with E-state index in [1.54, 1.807) is 18.3 Å². The number of likely N-dealkylation sites (N-methyl/N-ethyl adjacent to an activating group) is 1. The Kier molecular flexibility index (Phi) is 5.26. The average Bonchev–Trinajstić information content (AvgIpc) is 3.11. The SMILES string of the molecule is CCN(c1ccc(C#N)c(C(F)(F)F)c1)C1CCN(c2cncc(C)c2)C1. The van der Waals surface area contributed by atoms with E-state index in [0.717, 1.165) is 36.8 Å². The summed E-state index contributed by atoms with van der Waals surface area (Å²) in [4.78, 5) is 8.42. The molecule has 0 aliphatic carbocycles. The van der Waals surface area contributed by atoms with Crippen LogP contribution in [0.4, 0.5) is 24.5 Å². The van der Waals surface area contributed by atoms with Crippen LogP contribution in [0.15, 0.2) is 36.7 Å². The van der Waals surface area contributed by atoms with Crippen molar-refractivity contribution in [2.24, 2.45) is 0 Å². The largest absolute Gasteiger partial charge is 0.417 e. The lowest BCUT2D eigenvalue weighted by atomic mass is 10.1. The first-order chi connectivity index (χ1) is 12.8. The van der Waals surface area contributed by atoms with Crippen LogP contribution < -0.4 is 9.80 Å². The number of aryl methyl sites for hydroxylation is 1. The van der Waals surface area contributed by atoms with Crippen molar-refractivity contribution in [2.45, 2.75) is 32.5 Å². The molecule has 1 atom stereocenters. The molecule has 27 heavy (non-hydrogen) atoms. The van der Waals surface area contributed by atoms with Crippen molar-refractivity contribution in [1.82, 2.24) is 4.98 Å². The van der Waals surface area contributed by atoms with Gasteiger partial charge in [0.1, 0.15) is 0 Å². The van der Waals surface area contributed by atoms with E-state index in [1.807, 2.05) is 24.9 Å². The summed E-state index contributed by atoms with van der Waals surface area (Å²) in [5, 5.41) is 8.99. The molecule has 0 bridgehead atoms. The van der Waals surface area contributed by atoms with Crippen molar-refractivity contribution in [1.29, 1.82) is 5.26 Å². The topological polar surface area (TPSA) is 43.2 Å². The first kappa shape index (κ1) is 19.0. The fraction of sp³-hybridized carbons (Fsp3) is 0.400. The summed E-state index contributed by atoms with van der Waals surface area (Å²) in [6.07, 6.45) is -0.0848. The molecule has 0 amide bonds. The predicted octanol–water partition coefficient (Wildman–Crippen LogP) is 4.39. The molecular weight excluding hydrogens is 353 g/mol. The van der Waals surface area contributed by atoms with Crippen LogP contribution in [-0.4, -0.2) is 30.7 Å². The van der Waals surface area contributed by atoms with Gasteiger partial charge in [-0.2, -0.15) is 18.4 Å². The van der Waals surface area contributed by atoms with Gasteiger partial charge in [0.2, 0.25) is 0 Å². The molecule has 1 aromatic carbocycles. The molecule has 2 aromatic rings. The highest BCUT2D eigenvalue weighted by Crippen LogP contribution is 2.35. The number of anilines is 2. The number of halogens is 3. The van der Waals surface area contributed by atoms with Crippen LogP contribution in [0.1, 0.15) is 30.0 Å². The molecule has 1 saturated heterocycles. The van der Waals surface area contributed by atoms with Crippen molar-refractivity contribution in [3.8, 4) is 6.07 Å². The maximum Gasteiger partial charge on any atom is 0.417 e. The molecular formula is C20H21F3N4. The molecule has 142 valence electrons. The van der Waals surface area contributed by atoms with Crippen molar-refractivity contribution < 1.29 is 13.2 Å². The first-order valence-electron chi connectivity index (χ1n) is 8.88. The number of pyridine rings is 1. The van der Waals surface area contributed by atoms with Crippen molar-refractivity contribution in [2.75, 3.05) is 29.4 Å². The van der Waals surface area contributed by atoms with Gasteiger partial charge in [-0.1, -0.05) is 0 Å². The molecule has 1 aliphatic rings. The first-order valence-corrected chi connectivity index (χ1v) is 8.88. The highest BCUT2D eigenvalue weighted by atomic mass is 19.4. The number of rotatable bonds is 4. The zero-order valence-electron chi connectivity index (χ0n) is 15.3. The van der Waals surface area contributed by atoms with Crippen molar-refractivity contribution in [3.63, 3.8) is 0 Å². The fourth-order valence-corrected chi connectivity index (χ4v) is 3.64. The second kappa shape index (κ2) is 7.47. The van der Waals surface area contributed by atoms with Gasteiger partial charge in [-0.3, -0.25) is 4.98 Å². The van der Waals surface area contributed by atoms with E-state index in [4.69, 9.17) is 5.26 Å². The van der Waals surface area contributed by atoms with E-state index < -0.39 is 11.7 Å². The Hall–Kier alpha value is -2.75. The van der Waals surface area contributed by atoms with Gasteiger partial charge in [-0.15, -0.1) is 0 Å². The average molecular weight is 374 g/mol. The lowest BCUT2D eigenvalue weighted by molar-refractivity contribution is -0.137. The van der Waals surface area contributed by atoms with Crippen molar-refractivity contribution in [3.05, 3.63) is 53.3 Å². The maximum absolute atomic E-state index is 13.3. The lowest BCUT2D eigenvalue weighted by Crippen LogP contribution is -2.37. The fourth-order valence-electron chi connectivity index (χ4n) is 3.64. The zero-order valence-corrected chi connectivity index (χ0v) is 15.3. The van der Waals surface area contributed by atoms with Gasteiger partial charge in [0.05, 0.1) is 29.1 Å². The van der Waals surface area contributed by atoms with Crippen LogP contribution in [0.25, 0.3) is 0 Å². The third-order valence-electron chi connectivity index (χ3n) is 4.93. The molecule has 1 aromatic heterocycles. The Bertz CT molecular complexity index is 857. The van der Waals surface area contributed by atoms with Gasteiger partial charge in [0.25, 0.3) is 0 Å². The second-order valence-corrected chi connectivity index (χ2v) is 6.73. The molecule has 0 N–H and O–H groups in total. The van der Waals surface area contributed by atoms with Crippen LogP contribution in [0.3, 0.4) is 0 Å². The highest BCUT2D eigenvalue weighted by Gasteiger charge is 2.35. The van der Waals surface area contributed by atoms with Crippen LogP contribution in [-0.2, 0) is 6.18 Å². The molecule has 1 aliphatic heterocycles. The zero-order chi connectivity index (χ0) is 19.6. The smallest absolute Gasteiger partial charge is 0.368 e. The van der Waals surface area contributed by atoms with E-state index in [9.17, 15) is 13.2 Å². The Morgan fingerprint density at radius 2 is 2.07 bits per heavy atom. The second-order valence-electron chi connectivity index (χ2n) is 6.73. The number of benzene rings is 1. The van der Waals surface area contributed by atoms with Crippen LogP contribution >= 0.6 is 0 Å². The van der Waals surface area contributed by atoms with Crippen LogP contribution in [0, 0.1) is 18.3 Å². The molecule has 0 saturated carbocycles. The molecule has 0 radical (unpaired) electrons. The third-order valence-corrected chi connectivity index (χ3v) is 4.93. The molecule has 3 rings (SSSR count). The minimum atomic E-state index is -4.55. The Morgan fingerprint density at radius 1 is 1.30 bits per heavy atom. The molecule has 1 unspecified atom stereocenters. The number of aromatic nitrogens is 1. The summed E-state index contributed by atoms with van der Waals surface area (Å²) in [7, 11) is 0. The monoisotopic (exact) mass is 374 g/mol. The van der Waals surface area contributed by atoms with E-state index >= 15 is 0 Å². The van der Waals surface area contributed by atoms with Gasteiger partial charge in [0, 0.05) is 37.6 Å². The third kappa shape index (κ3) is 4.00. The van der Waals surface area contributed by atoms with Gasteiger partial charge < -0.3 is 9.80 Å². The van der Waals surface area contributed by atoms with Gasteiger partial charge in [-0.25, -0.2) is 0 Å². The van der Waals surface area contributed by atoms with E-state index in [0.29, 0.717) is 12.2 Å². The predicted molar refractivity (Wildman–Crippen MR) is 98.8 cm³/mol.